The summed E-state index contributed by atoms with van der Waals surface area (Å²) in [5.41, 5.74) is 0. The largest absolute Gasteiger partial charge is 0.457 e. The third-order valence-corrected chi connectivity index (χ3v) is 14.6. The van der Waals surface area contributed by atoms with E-state index in [2.05, 4.69) is 30.2 Å². The Morgan fingerprint density at radius 3 is 1.27 bits per heavy atom. The van der Waals surface area contributed by atoms with E-state index in [0.29, 0.717) is 13.0 Å². The minimum absolute atomic E-state index is 0.0433. The molecule has 12 nitrogen and oxygen atoms in total. The van der Waals surface area contributed by atoms with Gasteiger partial charge >= 0.3 is 16.4 Å². The topological polar surface area (TPSA) is 178 Å². The van der Waals surface area contributed by atoms with Gasteiger partial charge in [-0.2, -0.15) is 8.42 Å². The van der Waals surface area contributed by atoms with Crippen molar-refractivity contribution in [2.75, 3.05) is 26.4 Å². The van der Waals surface area contributed by atoms with Crippen LogP contribution in [0.4, 0.5) is 0 Å². The molecule has 1 saturated heterocycles. The van der Waals surface area contributed by atoms with Crippen LogP contribution in [-0.4, -0.2) is 97.5 Å². The summed E-state index contributed by atoms with van der Waals surface area (Å²) in [6.45, 7) is 4.07. The Balaban J connectivity index is 2.26. The first-order valence-electron chi connectivity index (χ1n) is 29.9. The summed E-state index contributed by atoms with van der Waals surface area (Å²) in [4.78, 5) is 13.0. The van der Waals surface area contributed by atoms with E-state index in [1.54, 1.807) is 0 Å². The number of carbonyl (C=O) groups is 1. The molecule has 1 fully saturated rings. The van der Waals surface area contributed by atoms with E-state index in [1.807, 2.05) is 0 Å². The summed E-state index contributed by atoms with van der Waals surface area (Å²) in [7, 11) is -5.06. The van der Waals surface area contributed by atoms with Gasteiger partial charge in [-0.05, 0) is 38.5 Å². The monoisotopic (exact) mass is 1030 g/mol. The highest BCUT2D eigenvalue weighted by molar-refractivity contribution is 7.80. The Morgan fingerprint density at radius 1 is 0.521 bits per heavy atom. The molecule has 0 aromatic carbocycles. The minimum atomic E-state index is -5.06. The maximum atomic E-state index is 13.0. The fraction of sp³-hybridized carbons (Fsp3) is 0.948. The number of allylic oxidation sites excluding steroid dienone is 2. The second-order valence-corrected chi connectivity index (χ2v) is 22.0. The first-order chi connectivity index (χ1) is 34.6. The quantitative estimate of drug-likeness (QED) is 0.0196. The zero-order chi connectivity index (χ0) is 51.7. The number of ether oxygens (including phenoxy) is 4. The number of rotatable bonds is 54. The van der Waals surface area contributed by atoms with Crippen molar-refractivity contribution in [3.63, 3.8) is 0 Å². The molecule has 1 heterocycles. The van der Waals surface area contributed by atoms with Gasteiger partial charge in [0.2, 0.25) is 0 Å². The number of carbonyl (C=O) groups excluding carboxylic acids is 1. The second-order valence-electron chi connectivity index (χ2n) is 20.9. The molecule has 0 bridgehead atoms. The summed E-state index contributed by atoms with van der Waals surface area (Å²) in [5, 5.41) is 30.9. The lowest BCUT2D eigenvalue weighted by atomic mass is 9.99. The predicted octanol–water partition coefficient (Wildman–Crippen LogP) is 14.9. The van der Waals surface area contributed by atoms with Gasteiger partial charge in [-0.1, -0.05) is 257 Å². The molecule has 0 aromatic heterocycles. The molecule has 0 saturated carbocycles. The van der Waals surface area contributed by atoms with E-state index in [4.69, 9.17) is 18.9 Å². The fourth-order valence-electron chi connectivity index (χ4n) is 9.61. The normalized spacial score (nSPS) is 19.0. The van der Waals surface area contributed by atoms with Crippen LogP contribution in [0, 0.1) is 0 Å². The molecule has 1 aliphatic heterocycles. The van der Waals surface area contributed by atoms with E-state index in [-0.39, 0.29) is 19.6 Å². The van der Waals surface area contributed by atoms with E-state index in [1.165, 1.54) is 225 Å². The average molecular weight is 1030 g/mol. The number of unbranched alkanes of at least 4 members (excludes halogenated alkanes) is 39. The highest BCUT2D eigenvalue weighted by Crippen LogP contribution is 2.26. The van der Waals surface area contributed by atoms with Crippen molar-refractivity contribution in [2.24, 2.45) is 0 Å². The standard InChI is InChI=1S/C58H112O12S/c1-3-5-7-9-11-13-15-17-19-21-23-24-25-26-27-28-29-31-33-35-37-39-41-43-45-47-54(60)68-52(51-67-58-56(62)57(70-71(63,64)65)55(61)53(49-59)69-58)50-66-48-46-44-42-40-38-36-34-32-30-22-20-18-16-14-12-10-8-6-4-2/h21,23,52-53,55-59,61-62H,3-20,22,24-51H2,1-2H3,(H,63,64,65)/b23-21-. The molecule has 13 heteroatoms. The lowest BCUT2D eigenvalue weighted by molar-refractivity contribution is -0.301. The molecule has 0 aromatic rings. The third-order valence-electron chi connectivity index (χ3n) is 14.1. The lowest BCUT2D eigenvalue weighted by Crippen LogP contribution is -2.60. The number of esters is 1. The number of aliphatic hydroxyl groups excluding tert-OH is 3. The van der Waals surface area contributed by atoms with Crippen molar-refractivity contribution in [2.45, 2.75) is 327 Å². The molecule has 6 atom stereocenters. The molecule has 4 N–H and O–H groups in total. The van der Waals surface area contributed by atoms with Gasteiger partial charge in [0, 0.05) is 13.0 Å². The van der Waals surface area contributed by atoms with Crippen molar-refractivity contribution in [1.82, 2.24) is 0 Å². The SMILES string of the molecule is CCCCCCCCCC/C=C\CCCCCCCCCCCCCCCC(=O)OC(COCCCCCCCCCCCCCCCCCCCCC)COC1OC(CO)C(O)C(OS(=O)(=O)O)C1O. The maximum Gasteiger partial charge on any atom is 0.397 e. The molecular formula is C58H112O12S. The first kappa shape index (κ1) is 67.9. The Morgan fingerprint density at radius 2 is 0.887 bits per heavy atom. The Hall–Kier alpha value is -1.16. The summed E-state index contributed by atoms with van der Waals surface area (Å²) in [6.07, 6.45) is 49.7. The van der Waals surface area contributed by atoms with Crippen molar-refractivity contribution < 1.29 is 56.2 Å². The average Bonchev–Trinajstić information content (AvgIpc) is 3.35. The number of aliphatic hydroxyl groups is 3. The van der Waals surface area contributed by atoms with E-state index < -0.39 is 59.8 Å². The van der Waals surface area contributed by atoms with Gasteiger partial charge in [0.15, 0.2) is 6.29 Å². The van der Waals surface area contributed by atoms with Crippen molar-refractivity contribution in [3.8, 4) is 0 Å². The summed E-state index contributed by atoms with van der Waals surface area (Å²) >= 11 is 0. The third kappa shape index (κ3) is 42.7. The van der Waals surface area contributed by atoms with Crippen LogP contribution in [-0.2, 0) is 38.3 Å². The summed E-state index contributed by atoms with van der Waals surface area (Å²) in [5.74, 6) is -0.391. The predicted molar refractivity (Wildman–Crippen MR) is 290 cm³/mol. The van der Waals surface area contributed by atoms with Crippen LogP contribution in [0.25, 0.3) is 0 Å². The fourth-order valence-corrected chi connectivity index (χ4v) is 10.1. The first-order valence-corrected chi connectivity index (χ1v) is 31.3. The zero-order valence-corrected chi connectivity index (χ0v) is 46.6. The van der Waals surface area contributed by atoms with Crippen LogP contribution in [0.15, 0.2) is 12.2 Å². The van der Waals surface area contributed by atoms with Crippen molar-refractivity contribution >= 4 is 16.4 Å². The maximum absolute atomic E-state index is 13.0. The van der Waals surface area contributed by atoms with E-state index in [9.17, 15) is 33.1 Å². The van der Waals surface area contributed by atoms with Gasteiger partial charge in [-0.15, -0.1) is 0 Å². The molecule has 422 valence electrons. The van der Waals surface area contributed by atoms with Crippen LogP contribution in [0.3, 0.4) is 0 Å². The molecule has 6 unspecified atom stereocenters. The van der Waals surface area contributed by atoms with Crippen LogP contribution >= 0.6 is 0 Å². The molecule has 1 rings (SSSR count). The van der Waals surface area contributed by atoms with Gasteiger partial charge in [0.25, 0.3) is 0 Å². The molecule has 0 spiro atoms. The van der Waals surface area contributed by atoms with Gasteiger partial charge in [0.05, 0.1) is 19.8 Å². The van der Waals surface area contributed by atoms with E-state index in [0.717, 1.165) is 38.5 Å². The summed E-state index contributed by atoms with van der Waals surface area (Å²) < 4.78 is 59.5. The Labute approximate surface area is 436 Å². The molecule has 0 radical (unpaired) electrons. The Bertz CT molecular complexity index is 1280. The highest BCUT2D eigenvalue weighted by Gasteiger charge is 2.48. The van der Waals surface area contributed by atoms with Gasteiger partial charge < -0.3 is 34.3 Å². The zero-order valence-electron chi connectivity index (χ0n) is 45.8. The van der Waals surface area contributed by atoms with Crippen LogP contribution < -0.4 is 0 Å². The van der Waals surface area contributed by atoms with Crippen LogP contribution in [0.1, 0.15) is 290 Å². The highest BCUT2D eigenvalue weighted by atomic mass is 32.3. The molecule has 0 amide bonds. The number of hydrogen-bond donors (Lipinski definition) is 4. The van der Waals surface area contributed by atoms with E-state index >= 15 is 0 Å². The van der Waals surface area contributed by atoms with Crippen molar-refractivity contribution in [3.05, 3.63) is 12.2 Å². The molecule has 0 aliphatic carbocycles. The van der Waals surface area contributed by atoms with Crippen LogP contribution in [0.5, 0.6) is 0 Å². The molecule has 71 heavy (non-hydrogen) atoms. The van der Waals surface area contributed by atoms with Gasteiger partial charge in [-0.3, -0.25) is 9.35 Å². The number of hydrogen-bond acceptors (Lipinski definition) is 11. The van der Waals surface area contributed by atoms with Gasteiger partial charge in [0.1, 0.15) is 30.5 Å². The lowest BCUT2D eigenvalue weighted by Gasteiger charge is -2.41. The molecular weight excluding hydrogens is 921 g/mol. The molecule has 1 aliphatic rings. The van der Waals surface area contributed by atoms with Crippen molar-refractivity contribution in [1.29, 1.82) is 0 Å². The van der Waals surface area contributed by atoms with Crippen LogP contribution in [0.2, 0.25) is 0 Å². The van der Waals surface area contributed by atoms with Gasteiger partial charge in [-0.25, -0.2) is 4.18 Å². The Kier molecular flexibility index (Phi) is 47.5. The minimum Gasteiger partial charge on any atom is -0.457 e. The second kappa shape index (κ2) is 49.7. The summed E-state index contributed by atoms with van der Waals surface area (Å²) in [6, 6.07) is 0. The smallest absolute Gasteiger partial charge is 0.397 e.